The highest BCUT2D eigenvalue weighted by Crippen LogP contribution is 2.30. The number of carbonyl (C=O) groups excluding carboxylic acids is 4. The Labute approximate surface area is 194 Å². The van der Waals surface area contributed by atoms with Gasteiger partial charge in [0.25, 0.3) is 11.8 Å². The molecular weight excluding hydrogens is 456 g/mol. The summed E-state index contributed by atoms with van der Waals surface area (Å²) in [5.74, 6) is -6.12. The highest BCUT2D eigenvalue weighted by Gasteiger charge is 2.41. The molecule has 0 saturated carbocycles. The summed E-state index contributed by atoms with van der Waals surface area (Å²) in [6, 6.07) is 8.66. The lowest BCUT2D eigenvalue weighted by Crippen LogP contribution is -2.46. The third-order valence-electron chi connectivity index (χ3n) is 5.39. The van der Waals surface area contributed by atoms with Gasteiger partial charge in [-0.25, -0.2) is 0 Å². The maximum absolute atomic E-state index is 14.4. The number of hydrogen-bond acceptors (Lipinski definition) is 4. The third-order valence-corrected chi connectivity index (χ3v) is 5.64. The number of fused-ring (bicyclic) bond motifs is 1. The van der Waals surface area contributed by atoms with Crippen LogP contribution in [0.3, 0.4) is 0 Å². The monoisotopic (exact) mass is 477 g/mol. The van der Waals surface area contributed by atoms with Gasteiger partial charge in [-0.3, -0.25) is 24.5 Å². The number of hydrogen-bond donors (Lipinski definition) is 2. The van der Waals surface area contributed by atoms with Gasteiger partial charge in [-0.1, -0.05) is 49.2 Å². The highest BCUT2D eigenvalue weighted by atomic mass is 35.5. The fourth-order valence-electron chi connectivity index (χ4n) is 3.70. The third kappa shape index (κ3) is 5.19. The molecular formula is C23H22ClF2N3O4. The van der Waals surface area contributed by atoms with Crippen LogP contribution in [0.4, 0.5) is 8.78 Å². The standard InChI is InChI=1S/C23H22ClF2N3O4/c1-2-3-19(20(31)28-13-30)29-12-15-10-14(4-9-18(15)21(29)32)11-27-22(33)23(25,26)16-5-7-17(24)8-6-16/h4-10,13,19H,2-3,11-12H2,1H3,(H,27,33)(H,28,30,31). The van der Waals surface area contributed by atoms with Crippen LogP contribution in [0, 0.1) is 0 Å². The van der Waals surface area contributed by atoms with E-state index in [9.17, 15) is 28.0 Å². The van der Waals surface area contributed by atoms with E-state index < -0.39 is 29.3 Å². The van der Waals surface area contributed by atoms with Crippen LogP contribution in [0.5, 0.6) is 0 Å². The van der Waals surface area contributed by atoms with Gasteiger partial charge in [-0.15, -0.1) is 0 Å². The number of carbonyl (C=O) groups is 4. The highest BCUT2D eigenvalue weighted by molar-refractivity contribution is 6.30. The molecule has 0 aromatic heterocycles. The molecule has 0 fully saturated rings. The Morgan fingerprint density at radius 2 is 1.91 bits per heavy atom. The summed E-state index contributed by atoms with van der Waals surface area (Å²) in [4.78, 5) is 49.2. The number of rotatable bonds is 9. The second-order valence-electron chi connectivity index (χ2n) is 7.62. The van der Waals surface area contributed by atoms with E-state index in [1.165, 1.54) is 23.1 Å². The molecule has 3 rings (SSSR count). The average molecular weight is 478 g/mol. The Kier molecular flexibility index (Phi) is 7.43. The fraction of sp³-hybridized carbons (Fsp3) is 0.304. The lowest BCUT2D eigenvalue weighted by atomic mass is 10.1. The number of nitrogens with one attached hydrogen (secondary N) is 2. The average Bonchev–Trinajstić information content (AvgIpc) is 3.11. The Balaban J connectivity index is 1.70. The van der Waals surface area contributed by atoms with Crippen molar-refractivity contribution in [1.82, 2.24) is 15.5 Å². The van der Waals surface area contributed by atoms with Gasteiger partial charge in [-0.05, 0) is 35.7 Å². The van der Waals surface area contributed by atoms with Gasteiger partial charge in [0.15, 0.2) is 0 Å². The van der Waals surface area contributed by atoms with Gasteiger partial charge in [0.2, 0.25) is 12.3 Å². The van der Waals surface area contributed by atoms with Crippen molar-refractivity contribution in [1.29, 1.82) is 0 Å². The van der Waals surface area contributed by atoms with Crippen molar-refractivity contribution in [2.45, 2.75) is 44.8 Å². The van der Waals surface area contributed by atoms with E-state index in [0.29, 0.717) is 29.5 Å². The SMILES string of the molecule is CCCC(C(=O)NC=O)N1Cc2cc(CNC(=O)C(F)(F)c3ccc(Cl)cc3)ccc2C1=O. The summed E-state index contributed by atoms with van der Waals surface area (Å²) >= 11 is 5.71. The van der Waals surface area contributed by atoms with Crippen molar-refractivity contribution in [3.8, 4) is 0 Å². The smallest absolute Gasteiger partial charge is 0.346 e. The maximum atomic E-state index is 14.4. The first kappa shape index (κ1) is 24.3. The van der Waals surface area contributed by atoms with Gasteiger partial charge in [-0.2, -0.15) is 8.78 Å². The van der Waals surface area contributed by atoms with Gasteiger partial charge in [0.1, 0.15) is 6.04 Å². The van der Waals surface area contributed by atoms with Gasteiger partial charge in [0, 0.05) is 29.2 Å². The van der Waals surface area contributed by atoms with Crippen molar-refractivity contribution in [2.75, 3.05) is 0 Å². The molecule has 4 amide bonds. The number of amides is 4. The number of imide groups is 1. The summed E-state index contributed by atoms with van der Waals surface area (Å²) in [6.07, 6.45) is 1.28. The number of halogens is 3. The van der Waals surface area contributed by atoms with Crippen LogP contribution in [0.2, 0.25) is 5.02 Å². The first-order chi connectivity index (χ1) is 15.7. The molecule has 2 aromatic rings. The summed E-state index contributed by atoms with van der Waals surface area (Å²) in [7, 11) is 0. The normalized spacial score (nSPS) is 13.9. The lowest BCUT2D eigenvalue weighted by Gasteiger charge is -2.25. The second-order valence-corrected chi connectivity index (χ2v) is 8.06. The molecule has 0 bridgehead atoms. The molecule has 1 atom stereocenters. The summed E-state index contributed by atoms with van der Waals surface area (Å²) in [6.45, 7) is 1.82. The van der Waals surface area contributed by atoms with Crippen LogP contribution in [0.1, 0.15) is 46.8 Å². The molecule has 2 N–H and O–H groups in total. The predicted octanol–water partition coefficient (Wildman–Crippen LogP) is 3.15. The first-order valence-corrected chi connectivity index (χ1v) is 10.7. The van der Waals surface area contributed by atoms with Crippen LogP contribution in [0.25, 0.3) is 0 Å². The number of benzene rings is 2. The maximum Gasteiger partial charge on any atom is 0.349 e. The molecule has 1 unspecified atom stereocenters. The lowest BCUT2D eigenvalue weighted by molar-refractivity contribution is -0.147. The zero-order chi connectivity index (χ0) is 24.2. The van der Waals surface area contributed by atoms with Gasteiger partial charge in [0.05, 0.1) is 0 Å². The molecule has 2 aromatic carbocycles. The molecule has 33 heavy (non-hydrogen) atoms. The van der Waals surface area contributed by atoms with E-state index in [4.69, 9.17) is 11.6 Å². The predicted molar refractivity (Wildman–Crippen MR) is 116 cm³/mol. The van der Waals surface area contributed by atoms with E-state index >= 15 is 0 Å². The Bertz CT molecular complexity index is 1080. The molecule has 0 aliphatic carbocycles. The first-order valence-electron chi connectivity index (χ1n) is 10.3. The van der Waals surface area contributed by atoms with Gasteiger partial charge >= 0.3 is 5.92 Å². The minimum atomic E-state index is -3.74. The molecule has 1 aliphatic rings. The van der Waals surface area contributed by atoms with Gasteiger partial charge < -0.3 is 10.2 Å². The molecule has 0 radical (unpaired) electrons. The van der Waals surface area contributed by atoms with Crippen LogP contribution in [0.15, 0.2) is 42.5 Å². The van der Waals surface area contributed by atoms with Crippen molar-refractivity contribution < 1.29 is 28.0 Å². The number of alkyl halides is 2. The van der Waals surface area contributed by atoms with E-state index in [1.54, 1.807) is 12.1 Å². The molecule has 1 aliphatic heterocycles. The van der Waals surface area contributed by atoms with E-state index in [0.717, 1.165) is 12.1 Å². The van der Waals surface area contributed by atoms with Crippen molar-refractivity contribution in [3.63, 3.8) is 0 Å². The minimum absolute atomic E-state index is 0.133. The van der Waals surface area contributed by atoms with Crippen molar-refractivity contribution >= 4 is 35.7 Å². The van der Waals surface area contributed by atoms with E-state index in [2.05, 4.69) is 10.6 Å². The zero-order valence-electron chi connectivity index (χ0n) is 17.7. The van der Waals surface area contributed by atoms with E-state index in [-0.39, 0.29) is 30.4 Å². The van der Waals surface area contributed by atoms with Crippen LogP contribution in [-0.4, -0.2) is 35.1 Å². The molecule has 0 saturated heterocycles. The molecule has 7 nitrogen and oxygen atoms in total. The molecule has 0 spiro atoms. The molecule has 1 heterocycles. The Morgan fingerprint density at radius 1 is 1.21 bits per heavy atom. The largest absolute Gasteiger partial charge is 0.349 e. The van der Waals surface area contributed by atoms with Crippen LogP contribution < -0.4 is 10.6 Å². The Morgan fingerprint density at radius 3 is 2.55 bits per heavy atom. The van der Waals surface area contributed by atoms with E-state index in [1.807, 2.05) is 6.92 Å². The summed E-state index contributed by atoms with van der Waals surface area (Å²) in [5.41, 5.74) is 1.04. The quantitative estimate of drug-likeness (QED) is 0.542. The van der Waals surface area contributed by atoms with Crippen molar-refractivity contribution in [2.24, 2.45) is 0 Å². The van der Waals surface area contributed by atoms with Crippen molar-refractivity contribution in [3.05, 3.63) is 69.7 Å². The zero-order valence-corrected chi connectivity index (χ0v) is 18.5. The fourth-order valence-corrected chi connectivity index (χ4v) is 3.82. The number of nitrogens with zero attached hydrogens (tertiary/aromatic N) is 1. The molecule has 10 heteroatoms. The minimum Gasteiger partial charge on any atom is -0.346 e. The topological polar surface area (TPSA) is 95.6 Å². The summed E-state index contributed by atoms with van der Waals surface area (Å²) < 4.78 is 28.9. The molecule has 174 valence electrons. The Hall–Kier alpha value is -3.33. The van der Waals surface area contributed by atoms with Crippen LogP contribution >= 0.6 is 11.6 Å². The second kappa shape index (κ2) is 10.1. The van der Waals surface area contributed by atoms with Crippen LogP contribution in [-0.2, 0) is 33.4 Å². The summed E-state index contributed by atoms with van der Waals surface area (Å²) in [5, 5.41) is 4.59.